The van der Waals surface area contributed by atoms with E-state index in [0.717, 1.165) is 18.4 Å². The number of aliphatic hydroxyl groups excluding tert-OH is 1. The predicted molar refractivity (Wildman–Crippen MR) is 65.8 cm³/mol. The van der Waals surface area contributed by atoms with Gasteiger partial charge in [0.1, 0.15) is 0 Å². The summed E-state index contributed by atoms with van der Waals surface area (Å²) in [4.78, 5) is 0. The van der Waals surface area contributed by atoms with E-state index in [9.17, 15) is 5.11 Å². The highest BCUT2D eigenvalue weighted by Crippen LogP contribution is 2.28. The highest BCUT2D eigenvalue weighted by Gasteiger charge is 2.15. The molecule has 0 aromatic heterocycles. The van der Waals surface area contributed by atoms with Crippen LogP contribution in [0.15, 0.2) is 18.2 Å². The Balaban J connectivity index is 2.81. The van der Waals surface area contributed by atoms with Gasteiger partial charge >= 0.3 is 0 Å². The summed E-state index contributed by atoms with van der Waals surface area (Å²) in [5, 5.41) is 11.0. The lowest BCUT2D eigenvalue weighted by Gasteiger charge is -2.19. The minimum atomic E-state index is -0.313. The largest absolute Gasteiger partial charge is 0.393 e. The van der Waals surface area contributed by atoms with Crippen molar-refractivity contribution in [1.82, 2.24) is 0 Å². The Morgan fingerprint density at radius 3 is 2.47 bits per heavy atom. The van der Waals surface area contributed by atoms with Gasteiger partial charge in [0.15, 0.2) is 0 Å². The molecule has 0 saturated heterocycles. The highest BCUT2D eigenvalue weighted by atomic mass is 35.5. The molecule has 1 N–H and O–H groups in total. The van der Waals surface area contributed by atoms with Crippen LogP contribution in [0.4, 0.5) is 0 Å². The smallest absolute Gasteiger partial charge is 0.0606 e. The van der Waals surface area contributed by atoms with E-state index < -0.39 is 0 Å². The van der Waals surface area contributed by atoms with Gasteiger partial charge in [-0.2, -0.15) is 0 Å². The van der Waals surface area contributed by atoms with Gasteiger partial charge in [-0.3, -0.25) is 0 Å². The minimum Gasteiger partial charge on any atom is -0.393 e. The van der Waals surface area contributed by atoms with Crippen LogP contribution < -0.4 is 0 Å². The Morgan fingerprint density at radius 2 is 1.93 bits per heavy atom. The summed E-state index contributed by atoms with van der Waals surface area (Å²) in [6.07, 6.45) is 1.47. The fourth-order valence-electron chi connectivity index (χ4n) is 1.56. The van der Waals surface area contributed by atoms with Crippen molar-refractivity contribution < 1.29 is 5.11 Å². The predicted octanol–water partition coefficient (Wildman–Crippen LogP) is 4.26. The van der Waals surface area contributed by atoms with E-state index in [0.29, 0.717) is 10.0 Å². The monoisotopic (exact) mass is 246 g/mol. The molecule has 2 unspecified atom stereocenters. The van der Waals surface area contributed by atoms with Crippen LogP contribution in [0.2, 0.25) is 10.0 Å². The molecule has 0 spiro atoms. The van der Waals surface area contributed by atoms with E-state index in [4.69, 9.17) is 23.2 Å². The third-order valence-corrected chi connectivity index (χ3v) is 3.37. The standard InChI is InChI=1S/C12H16Cl2O/c1-3-4-12(15)8(2)9-5-6-10(13)11(14)7-9/h5-8,12,15H,3-4H2,1-2H3. The highest BCUT2D eigenvalue weighted by molar-refractivity contribution is 6.42. The van der Waals surface area contributed by atoms with Crippen molar-refractivity contribution in [3.8, 4) is 0 Å². The van der Waals surface area contributed by atoms with Gasteiger partial charge in [0.05, 0.1) is 16.1 Å². The Labute approximate surface area is 101 Å². The van der Waals surface area contributed by atoms with Gasteiger partial charge in [-0.15, -0.1) is 0 Å². The molecule has 15 heavy (non-hydrogen) atoms. The molecule has 1 aromatic carbocycles. The van der Waals surface area contributed by atoms with Crippen LogP contribution in [0.3, 0.4) is 0 Å². The van der Waals surface area contributed by atoms with Gasteiger partial charge in [-0.25, -0.2) is 0 Å². The van der Waals surface area contributed by atoms with Gasteiger partial charge in [-0.1, -0.05) is 49.5 Å². The first-order chi connectivity index (χ1) is 7.06. The molecule has 2 atom stereocenters. The molecule has 0 saturated carbocycles. The summed E-state index contributed by atoms with van der Waals surface area (Å²) < 4.78 is 0. The maximum Gasteiger partial charge on any atom is 0.0606 e. The second kappa shape index (κ2) is 5.74. The van der Waals surface area contributed by atoms with Crippen molar-refractivity contribution in [2.24, 2.45) is 0 Å². The summed E-state index contributed by atoms with van der Waals surface area (Å²) in [5.74, 6) is 0.0970. The molecule has 0 fully saturated rings. The van der Waals surface area contributed by atoms with Crippen LogP contribution in [-0.2, 0) is 0 Å². The Hall–Kier alpha value is -0.240. The molecule has 0 aliphatic rings. The molecule has 1 rings (SSSR count). The van der Waals surface area contributed by atoms with E-state index in [-0.39, 0.29) is 12.0 Å². The van der Waals surface area contributed by atoms with Crippen LogP contribution in [0.1, 0.15) is 38.2 Å². The number of halogens is 2. The molecular weight excluding hydrogens is 231 g/mol. The lowest BCUT2D eigenvalue weighted by atomic mass is 9.93. The lowest BCUT2D eigenvalue weighted by molar-refractivity contribution is 0.139. The fraction of sp³-hybridized carbons (Fsp3) is 0.500. The Kier molecular flexibility index (Phi) is 4.91. The molecule has 0 amide bonds. The zero-order valence-corrected chi connectivity index (χ0v) is 10.5. The Morgan fingerprint density at radius 1 is 1.27 bits per heavy atom. The van der Waals surface area contributed by atoms with E-state index in [2.05, 4.69) is 6.92 Å². The third kappa shape index (κ3) is 3.37. The Bertz CT molecular complexity index is 325. The topological polar surface area (TPSA) is 20.2 Å². The summed E-state index contributed by atoms with van der Waals surface area (Å²) in [6.45, 7) is 4.06. The number of rotatable bonds is 4. The van der Waals surface area contributed by atoms with Crippen LogP contribution in [-0.4, -0.2) is 11.2 Å². The summed E-state index contributed by atoms with van der Waals surface area (Å²) in [6, 6.07) is 5.51. The third-order valence-electron chi connectivity index (χ3n) is 2.63. The van der Waals surface area contributed by atoms with Gasteiger partial charge in [0.25, 0.3) is 0 Å². The summed E-state index contributed by atoms with van der Waals surface area (Å²) >= 11 is 11.8. The molecule has 3 heteroatoms. The van der Waals surface area contributed by atoms with Gasteiger partial charge < -0.3 is 5.11 Å². The molecule has 0 aliphatic carbocycles. The first-order valence-corrected chi connectivity index (χ1v) is 5.94. The van der Waals surface area contributed by atoms with Crippen molar-refractivity contribution >= 4 is 23.2 Å². The second-order valence-corrected chi connectivity index (χ2v) is 4.63. The second-order valence-electron chi connectivity index (χ2n) is 3.82. The van der Waals surface area contributed by atoms with Crippen molar-refractivity contribution in [3.05, 3.63) is 33.8 Å². The molecule has 84 valence electrons. The SMILES string of the molecule is CCCC(O)C(C)c1ccc(Cl)c(Cl)c1. The number of benzene rings is 1. The molecule has 0 aliphatic heterocycles. The molecule has 0 radical (unpaired) electrons. The van der Waals surface area contributed by atoms with Crippen LogP contribution in [0.5, 0.6) is 0 Å². The quantitative estimate of drug-likeness (QED) is 0.842. The summed E-state index contributed by atoms with van der Waals surface area (Å²) in [5.41, 5.74) is 1.03. The van der Waals surface area contributed by atoms with Crippen molar-refractivity contribution in [2.75, 3.05) is 0 Å². The van der Waals surface area contributed by atoms with Crippen LogP contribution in [0, 0.1) is 0 Å². The van der Waals surface area contributed by atoms with E-state index >= 15 is 0 Å². The van der Waals surface area contributed by atoms with Crippen LogP contribution in [0.25, 0.3) is 0 Å². The normalized spacial score (nSPS) is 15.0. The molecule has 0 heterocycles. The number of hydrogen-bond acceptors (Lipinski definition) is 1. The van der Waals surface area contributed by atoms with Crippen molar-refractivity contribution in [3.63, 3.8) is 0 Å². The summed E-state index contributed by atoms with van der Waals surface area (Å²) in [7, 11) is 0. The van der Waals surface area contributed by atoms with Crippen molar-refractivity contribution in [2.45, 2.75) is 38.7 Å². The van der Waals surface area contributed by atoms with E-state index in [1.54, 1.807) is 6.07 Å². The van der Waals surface area contributed by atoms with Gasteiger partial charge in [0.2, 0.25) is 0 Å². The molecule has 1 nitrogen and oxygen atoms in total. The number of hydrogen-bond donors (Lipinski definition) is 1. The zero-order chi connectivity index (χ0) is 11.4. The zero-order valence-electron chi connectivity index (χ0n) is 9.00. The lowest BCUT2D eigenvalue weighted by Crippen LogP contribution is -2.15. The molecular formula is C12H16Cl2O. The first-order valence-electron chi connectivity index (χ1n) is 5.19. The van der Waals surface area contributed by atoms with E-state index in [1.807, 2.05) is 19.1 Å². The van der Waals surface area contributed by atoms with Crippen molar-refractivity contribution in [1.29, 1.82) is 0 Å². The van der Waals surface area contributed by atoms with Gasteiger partial charge in [-0.05, 0) is 24.1 Å². The number of aliphatic hydroxyl groups is 1. The average molecular weight is 247 g/mol. The van der Waals surface area contributed by atoms with Gasteiger partial charge in [0, 0.05) is 5.92 Å². The minimum absolute atomic E-state index is 0.0970. The molecule has 0 bridgehead atoms. The first kappa shape index (κ1) is 12.8. The fourth-order valence-corrected chi connectivity index (χ4v) is 1.87. The average Bonchev–Trinajstić information content (AvgIpc) is 2.21. The molecule has 1 aromatic rings. The van der Waals surface area contributed by atoms with E-state index in [1.165, 1.54) is 0 Å². The van der Waals surface area contributed by atoms with Crippen LogP contribution >= 0.6 is 23.2 Å². The maximum atomic E-state index is 9.86. The maximum absolute atomic E-state index is 9.86.